The molecule has 0 spiro atoms. The van der Waals surface area contributed by atoms with Gasteiger partial charge in [0.25, 0.3) is 0 Å². The van der Waals surface area contributed by atoms with Crippen molar-refractivity contribution in [3.63, 3.8) is 0 Å². The van der Waals surface area contributed by atoms with Gasteiger partial charge in [0, 0.05) is 12.0 Å². The van der Waals surface area contributed by atoms with E-state index in [1.165, 1.54) is 12.1 Å². The van der Waals surface area contributed by atoms with Crippen molar-refractivity contribution in [2.24, 2.45) is 0 Å². The Morgan fingerprint density at radius 1 is 1.38 bits per heavy atom. The molecule has 2 nitrogen and oxygen atoms in total. The molecule has 0 saturated carbocycles. The Bertz CT molecular complexity index is 362. The molecule has 0 unspecified atom stereocenters. The minimum Gasteiger partial charge on any atom is -0.355 e. The summed E-state index contributed by atoms with van der Waals surface area (Å²) in [6.07, 6.45) is 0. The molecule has 4 heteroatoms. The molecule has 1 rings (SSSR count). The molecule has 1 aromatic carbocycles. The molecule has 0 aliphatic heterocycles. The average Bonchev–Trinajstić information content (AvgIpc) is 2.26. The maximum atomic E-state index is 12.8. The van der Waals surface area contributed by atoms with Crippen LogP contribution in [0.2, 0.25) is 0 Å². The third-order valence-corrected chi connectivity index (χ3v) is 2.78. The highest BCUT2D eigenvalue weighted by Gasteiger charge is 2.20. The lowest BCUT2D eigenvalue weighted by Crippen LogP contribution is -2.37. The summed E-state index contributed by atoms with van der Waals surface area (Å²) < 4.78 is 12.8. The van der Waals surface area contributed by atoms with Crippen LogP contribution in [0.5, 0.6) is 0 Å². The van der Waals surface area contributed by atoms with Crippen LogP contribution in [0.1, 0.15) is 19.4 Å². The zero-order valence-electron chi connectivity index (χ0n) is 9.46. The van der Waals surface area contributed by atoms with E-state index in [0.717, 1.165) is 5.56 Å². The third kappa shape index (κ3) is 3.52. The van der Waals surface area contributed by atoms with E-state index in [0.29, 0.717) is 6.54 Å². The van der Waals surface area contributed by atoms with Crippen molar-refractivity contribution in [3.05, 3.63) is 35.6 Å². The van der Waals surface area contributed by atoms with Crippen molar-refractivity contribution in [3.8, 4) is 0 Å². The van der Waals surface area contributed by atoms with E-state index in [4.69, 9.17) is 0 Å². The third-order valence-electron chi connectivity index (χ3n) is 2.50. The van der Waals surface area contributed by atoms with Gasteiger partial charge >= 0.3 is 0 Å². The molecular weight excluding hydrogens is 225 g/mol. The Labute approximate surface area is 101 Å². The number of carbonyl (C=O) groups is 1. The van der Waals surface area contributed by atoms with Crippen molar-refractivity contribution in [1.82, 2.24) is 5.32 Å². The van der Waals surface area contributed by atoms with Crippen LogP contribution in [0, 0.1) is 5.82 Å². The molecule has 0 aliphatic rings. The first-order chi connectivity index (χ1) is 7.45. The highest BCUT2D eigenvalue weighted by molar-refractivity contribution is 7.81. The molecule has 1 amide bonds. The maximum Gasteiger partial charge on any atom is 0.229 e. The fraction of sp³-hybridized carbons (Fsp3) is 0.417. The predicted molar refractivity (Wildman–Crippen MR) is 66.3 cm³/mol. The van der Waals surface area contributed by atoms with Gasteiger partial charge in [-0.05, 0) is 17.7 Å². The van der Waals surface area contributed by atoms with E-state index in [-0.39, 0.29) is 22.9 Å². The molecule has 0 aliphatic carbocycles. The van der Waals surface area contributed by atoms with Crippen LogP contribution >= 0.6 is 12.6 Å². The van der Waals surface area contributed by atoms with Gasteiger partial charge in [0.05, 0.1) is 5.75 Å². The standard InChI is InChI=1S/C12H16FNOS/c1-12(2,8-14-11(15)7-16)9-3-5-10(13)6-4-9/h3-6,16H,7-8H2,1-2H3,(H,14,15). The molecule has 1 aromatic rings. The van der Waals surface area contributed by atoms with E-state index in [1.807, 2.05) is 13.8 Å². The summed E-state index contributed by atoms with van der Waals surface area (Å²) in [6.45, 7) is 4.51. The summed E-state index contributed by atoms with van der Waals surface area (Å²) in [6, 6.07) is 6.33. The van der Waals surface area contributed by atoms with Gasteiger partial charge in [-0.1, -0.05) is 26.0 Å². The molecule has 0 saturated heterocycles. The van der Waals surface area contributed by atoms with E-state index in [1.54, 1.807) is 12.1 Å². The Morgan fingerprint density at radius 2 is 1.94 bits per heavy atom. The second-order valence-corrected chi connectivity index (χ2v) is 4.64. The SMILES string of the molecule is CC(C)(CNC(=O)CS)c1ccc(F)cc1. The van der Waals surface area contributed by atoms with E-state index >= 15 is 0 Å². The Hall–Kier alpha value is -1.03. The largest absolute Gasteiger partial charge is 0.355 e. The molecule has 0 aromatic heterocycles. The summed E-state index contributed by atoms with van der Waals surface area (Å²) in [4.78, 5) is 11.1. The second kappa shape index (κ2) is 5.34. The monoisotopic (exact) mass is 241 g/mol. The fourth-order valence-corrected chi connectivity index (χ4v) is 1.49. The lowest BCUT2D eigenvalue weighted by atomic mass is 9.84. The van der Waals surface area contributed by atoms with Crippen LogP contribution in [-0.2, 0) is 10.2 Å². The number of hydrogen-bond donors (Lipinski definition) is 2. The number of amides is 1. The summed E-state index contributed by atoms with van der Waals surface area (Å²) >= 11 is 3.88. The molecule has 0 fully saturated rings. The van der Waals surface area contributed by atoms with E-state index in [9.17, 15) is 9.18 Å². The smallest absolute Gasteiger partial charge is 0.229 e. The van der Waals surface area contributed by atoms with Crippen molar-refractivity contribution >= 4 is 18.5 Å². The van der Waals surface area contributed by atoms with Gasteiger partial charge in [-0.25, -0.2) is 4.39 Å². The first-order valence-corrected chi connectivity index (χ1v) is 5.72. The first-order valence-electron chi connectivity index (χ1n) is 5.09. The lowest BCUT2D eigenvalue weighted by molar-refractivity contribution is -0.118. The predicted octanol–water partition coefficient (Wildman–Crippen LogP) is 2.15. The minimum absolute atomic E-state index is 0.0986. The van der Waals surface area contributed by atoms with Crippen LogP contribution in [-0.4, -0.2) is 18.2 Å². The molecule has 88 valence electrons. The number of carbonyl (C=O) groups excluding carboxylic acids is 1. The maximum absolute atomic E-state index is 12.8. The number of hydrogen-bond acceptors (Lipinski definition) is 2. The topological polar surface area (TPSA) is 29.1 Å². The Morgan fingerprint density at radius 3 is 2.44 bits per heavy atom. The molecule has 16 heavy (non-hydrogen) atoms. The fourth-order valence-electron chi connectivity index (χ4n) is 1.38. The van der Waals surface area contributed by atoms with Crippen LogP contribution in [0.4, 0.5) is 4.39 Å². The van der Waals surface area contributed by atoms with Crippen LogP contribution in [0.25, 0.3) is 0 Å². The van der Waals surface area contributed by atoms with Gasteiger partial charge in [0.15, 0.2) is 0 Å². The number of rotatable bonds is 4. The first kappa shape index (κ1) is 13.0. The molecule has 0 bridgehead atoms. The highest BCUT2D eigenvalue weighted by Crippen LogP contribution is 2.22. The summed E-state index contributed by atoms with van der Waals surface area (Å²) in [5.41, 5.74) is 0.778. The van der Waals surface area contributed by atoms with E-state index < -0.39 is 0 Å². The quantitative estimate of drug-likeness (QED) is 0.777. The highest BCUT2D eigenvalue weighted by atomic mass is 32.1. The van der Waals surface area contributed by atoms with E-state index in [2.05, 4.69) is 17.9 Å². The van der Waals surface area contributed by atoms with Gasteiger partial charge in [0.2, 0.25) is 5.91 Å². The zero-order chi connectivity index (χ0) is 12.2. The van der Waals surface area contributed by atoms with Crippen molar-refractivity contribution in [1.29, 1.82) is 0 Å². The number of benzene rings is 1. The van der Waals surface area contributed by atoms with Crippen LogP contribution in [0.3, 0.4) is 0 Å². The number of thiol groups is 1. The van der Waals surface area contributed by atoms with Gasteiger partial charge in [0.1, 0.15) is 5.82 Å². The van der Waals surface area contributed by atoms with Crippen molar-refractivity contribution < 1.29 is 9.18 Å². The molecule has 1 N–H and O–H groups in total. The van der Waals surface area contributed by atoms with Gasteiger partial charge in [-0.2, -0.15) is 12.6 Å². The average molecular weight is 241 g/mol. The normalized spacial score (nSPS) is 11.2. The molecule has 0 heterocycles. The van der Waals surface area contributed by atoms with Crippen LogP contribution in [0.15, 0.2) is 24.3 Å². The molecule has 0 atom stereocenters. The second-order valence-electron chi connectivity index (χ2n) is 4.33. The number of nitrogens with one attached hydrogen (secondary N) is 1. The van der Waals surface area contributed by atoms with Crippen LogP contribution < -0.4 is 5.32 Å². The van der Waals surface area contributed by atoms with Crippen molar-refractivity contribution in [2.45, 2.75) is 19.3 Å². The molecule has 0 radical (unpaired) electrons. The summed E-state index contributed by atoms with van der Waals surface area (Å²) in [5, 5.41) is 2.78. The van der Waals surface area contributed by atoms with Gasteiger partial charge in [-0.3, -0.25) is 4.79 Å². The summed E-state index contributed by atoms with van der Waals surface area (Å²) in [5.74, 6) is -0.170. The Kier molecular flexibility index (Phi) is 4.35. The lowest BCUT2D eigenvalue weighted by Gasteiger charge is -2.25. The van der Waals surface area contributed by atoms with Gasteiger partial charge in [-0.15, -0.1) is 0 Å². The minimum atomic E-state index is -0.251. The molecular formula is C12H16FNOS. The zero-order valence-corrected chi connectivity index (χ0v) is 10.4. The van der Waals surface area contributed by atoms with Crippen molar-refractivity contribution in [2.75, 3.05) is 12.3 Å². The summed E-state index contributed by atoms with van der Waals surface area (Å²) in [7, 11) is 0. The Balaban J connectivity index is 2.69. The number of halogens is 1. The van der Waals surface area contributed by atoms with Gasteiger partial charge < -0.3 is 5.32 Å².